The minimum Gasteiger partial charge on any atom is -0.319 e. The lowest BCUT2D eigenvalue weighted by Gasteiger charge is -2.15. The summed E-state index contributed by atoms with van der Waals surface area (Å²) in [5.74, 6) is -0.145. The van der Waals surface area contributed by atoms with Crippen LogP contribution in [0.15, 0.2) is 22.7 Å². The fourth-order valence-corrected chi connectivity index (χ4v) is 2.44. The molecule has 0 aliphatic heterocycles. The Morgan fingerprint density at radius 1 is 1.47 bits per heavy atom. The van der Waals surface area contributed by atoms with Crippen molar-refractivity contribution in [3.8, 4) is 0 Å². The number of rotatable bonds is 4. The fourth-order valence-electron chi connectivity index (χ4n) is 2.05. The number of halogens is 2. The summed E-state index contributed by atoms with van der Waals surface area (Å²) in [4.78, 5) is 0. The van der Waals surface area contributed by atoms with Gasteiger partial charge in [0.25, 0.3) is 0 Å². The molecule has 0 aromatic heterocycles. The van der Waals surface area contributed by atoms with Crippen LogP contribution in [0.2, 0.25) is 0 Å². The van der Waals surface area contributed by atoms with E-state index in [0.717, 1.165) is 23.0 Å². The largest absolute Gasteiger partial charge is 0.319 e. The molecule has 15 heavy (non-hydrogen) atoms. The maximum absolute atomic E-state index is 13.1. The Kier molecular flexibility index (Phi) is 3.12. The van der Waals surface area contributed by atoms with Gasteiger partial charge in [-0.05, 0) is 55.5 Å². The Labute approximate surface area is 98.2 Å². The fraction of sp³-hybridized carbons (Fsp3) is 0.500. The molecule has 0 bridgehead atoms. The maximum atomic E-state index is 13.1. The lowest BCUT2D eigenvalue weighted by Crippen LogP contribution is -2.22. The molecular formula is C12H15BrFN. The second kappa shape index (κ2) is 4.22. The van der Waals surface area contributed by atoms with Crippen LogP contribution >= 0.6 is 15.9 Å². The molecular weight excluding hydrogens is 257 g/mol. The average molecular weight is 272 g/mol. The Morgan fingerprint density at radius 2 is 2.20 bits per heavy atom. The minimum atomic E-state index is -0.145. The van der Waals surface area contributed by atoms with Crippen molar-refractivity contribution >= 4 is 15.9 Å². The van der Waals surface area contributed by atoms with E-state index in [1.165, 1.54) is 18.9 Å². The van der Waals surface area contributed by atoms with Gasteiger partial charge in [-0.15, -0.1) is 0 Å². The Hall–Kier alpha value is -0.410. The van der Waals surface area contributed by atoms with Crippen LogP contribution in [0.25, 0.3) is 0 Å². The summed E-state index contributed by atoms with van der Waals surface area (Å²) in [6, 6.07) is 4.92. The van der Waals surface area contributed by atoms with E-state index in [4.69, 9.17) is 0 Å². The van der Waals surface area contributed by atoms with E-state index in [0.29, 0.717) is 5.41 Å². The summed E-state index contributed by atoms with van der Waals surface area (Å²) >= 11 is 3.47. The van der Waals surface area contributed by atoms with E-state index in [1.54, 1.807) is 12.1 Å². The zero-order valence-electron chi connectivity index (χ0n) is 8.82. The highest BCUT2D eigenvalue weighted by atomic mass is 79.9. The van der Waals surface area contributed by atoms with E-state index in [-0.39, 0.29) is 5.82 Å². The van der Waals surface area contributed by atoms with E-state index >= 15 is 0 Å². The molecule has 3 heteroatoms. The highest BCUT2D eigenvalue weighted by Gasteiger charge is 2.41. The first kappa shape index (κ1) is 11.1. The van der Waals surface area contributed by atoms with Crippen LogP contribution in [0.3, 0.4) is 0 Å². The summed E-state index contributed by atoms with van der Waals surface area (Å²) in [5.41, 5.74) is 1.47. The van der Waals surface area contributed by atoms with Crippen LogP contribution in [-0.2, 0) is 6.42 Å². The molecule has 0 amide bonds. The molecule has 1 saturated carbocycles. The van der Waals surface area contributed by atoms with Crippen molar-refractivity contribution in [1.82, 2.24) is 5.32 Å². The molecule has 82 valence electrons. The van der Waals surface area contributed by atoms with E-state index in [1.807, 2.05) is 7.05 Å². The SMILES string of the molecule is CNCC1(Cc2cc(F)ccc2Br)CC1. The van der Waals surface area contributed by atoms with Crippen LogP contribution < -0.4 is 5.32 Å². The third-order valence-electron chi connectivity index (χ3n) is 3.08. The van der Waals surface area contributed by atoms with Gasteiger partial charge in [-0.1, -0.05) is 15.9 Å². The van der Waals surface area contributed by atoms with E-state index < -0.39 is 0 Å². The van der Waals surface area contributed by atoms with Gasteiger partial charge >= 0.3 is 0 Å². The monoisotopic (exact) mass is 271 g/mol. The molecule has 0 saturated heterocycles. The molecule has 1 aromatic carbocycles. The van der Waals surface area contributed by atoms with Gasteiger partial charge < -0.3 is 5.32 Å². The molecule has 0 spiro atoms. The van der Waals surface area contributed by atoms with Crippen molar-refractivity contribution in [2.24, 2.45) is 5.41 Å². The molecule has 0 heterocycles. The van der Waals surface area contributed by atoms with Gasteiger partial charge in [0.2, 0.25) is 0 Å². The minimum absolute atomic E-state index is 0.145. The molecule has 1 aliphatic carbocycles. The number of benzene rings is 1. The molecule has 1 fully saturated rings. The van der Waals surface area contributed by atoms with Crippen molar-refractivity contribution in [3.05, 3.63) is 34.1 Å². The van der Waals surface area contributed by atoms with Crippen LogP contribution in [0, 0.1) is 11.2 Å². The van der Waals surface area contributed by atoms with Gasteiger partial charge in [0, 0.05) is 11.0 Å². The second-order valence-corrected chi connectivity index (χ2v) is 5.30. The molecule has 1 nitrogen and oxygen atoms in total. The first-order valence-electron chi connectivity index (χ1n) is 5.24. The average Bonchev–Trinajstić information content (AvgIpc) is 2.92. The molecule has 2 rings (SSSR count). The molecule has 1 aliphatic rings. The lowest BCUT2D eigenvalue weighted by atomic mass is 9.96. The third-order valence-corrected chi connectivity index (χ3v) is 3.86. The topological polar surface area (TPSA) is 12.0 Å². The summed E-state index contributed by atoms with van der Waals surface area (Å²) < 4.78 is 14.1. The quantitative estimate of drug-likeness (QED) is 0.888. The van der Waals surface area contributed by atoms with Crippen LogP contribution in [0.1, 0.15) is 18.4 Å². The van der Waals surface area contributed by atoms with Crippen LogP contribution in [0.4, 0.5) is 4.39 Å². The van der Waals surface area contributed by atoms with Gasteiger partial charge in [-0.3, -0.25) is 0 Å². The Balaban J connectivity index is 2.13. The summed E-state index contributed by atoms with van der Waals surface area (Å²) in [5, 5.41) is 3.22. The lowest BCUT2D eigenvalue weighted by molar-refractivity contribution is 0.476. The van der Waals surface area contributed by atoms with Crippen LogP contribution in [-0.4, -0.2) is 13.6 Å². The standard InChI is InChI=1S/C12H15BrFN/c1-15-8-12(4-5-12)7-9-6-10(14)2-3-11(9)13/h2-3,6,15H,4-5,7-8H2,1H3. The zero-order valence-corrected chi connectivity index (χ0v) is 10.4. The first-order valence-corrected chi connectivity index (χ1v) is 6.03. The zero-order chi connectivity index (χ0) is 10.9. The maximum Gasteiger partial charge on any atom is 0.123 e. The predicted molar refractivity (Wildman–Crippen MR) is 63.4 cm³/mol. The highest BCUT2D eigenvalue weighted by Crippen LogP contribution is 2.48. The molecule has 1 N–H and O–H groups in total. The number of hydrogen-bond donors (Lipinski definition) is 1. The molecule has 0 atom stereocenters. The van der Waals surface area contributed by atoms with Crippen LogP contribution in [0.5, 0.6) is 0 Å². The van der Waals surface area contributed by atoms with Crippen molar-refractivity contribution in [3.63, 3.8) is 0 Å². The van der Waals surface area contributed by atoms with Crippen molar-refractivity contribution in [2.45, 2.75) is 19.3 Å². The van der Waals surface area contributed by atoms with Gasteiger partial charge in [0.15, 0.2) is 0 Å². The van der Waals surface area contributed by atoms with Crippen molar-refractivity contribution < 1.29 is 4.39 Å². The summed E-state index contributed by atoms with van der Waals surface area (Å²) in [6.45, 7) is 1.02. The van der Waals surface area contributed by atoms with E-state index in [9.17, 15) is 4.39 Å². The van der Waals surface area contributed by atoms with E-state index in [2.05, 4.69) is 21.2 Å². The first-order chi connectivity index (χ1) is 7.15. The molecule has 0 unspecified atom stereocenters. The van der Waals surface area contributed by atoms with Gasteiger partial charge in [0.1, 0.15) is 5.82 Å². The van der Waals surface area contributed by atoms with Gasteiger partial charge in [0.05, 0.1) is 0 Å². The smallest absolute Gasteiger partial charge is 0.123 e. The molecule has 0 radical (unpaired) electrons. The van der Waals surface area contributed by atoms with Gasteiger partial charge in [-0.25, -0.2) is 4.39 Å². The Bertz CT molecular complexity index is 361. The summed E-state index contributed by atoms with van der Waals surface area (Å²) in [7, 11) is 1.97. The summed E-state index contributed by atoms with van der Waals surface area (Å²) in [6.07, 6.45) is 3.46. The normalized spacial score (nSPS) is 17.8. The second-order valence-electron chi connectivity index (χ2n) is 4.44. The predicted octanol–water partition coefficient (Wildman–Crippen LogP) is 3.13. The van der Waals surface area contributed by atoms with Gasteiger partial charge in [-0.2, -0.15) is 0 Å². The molecule has 1 aromatic rings. The Morgan fingerprint density at radius 3 is 2.80 bits per heavy atom. The van der Waals surface area contributed by atoms with Crippen molar-refractivity contribution in [1.29, 1.82) is 0 Å². The third kappa shape index (κ3) is 2.58. The number of nitrogens with one attached hydrogen (secondary N) is 1. The number of hydrogen-bond acceptors (Lipinski definition) is 1. The van der Waals surface area contributed by atoms with Crippen molar-refractivity contribution in [2.75, 3.05) is 13.6 Å². The highest BCUT2D eigenvalue weighted by molar-refractivity contribution is 9.10.